The van der Waals surface area contributed by atoms with Crippen LogP contribution in [0.1, 0.15) is 5.56 Å². The molecule has 0 spiro atoms. The highest BCUT2D eigenvalue weighted by molar-refractivity contribution is 8.18. The van der Waals surface area contributed by atoms with Crippen molar-refractivity contribution in [2.45, 2.75) is 4.90 Å². The Hall–Kier alpha value is -3.67. The Bertz CT molecular complexity index is 1440. The van der Waals surface area contributed by atoms with Crippen LogP contribution in [-0.4, -0.2) is 24.4 Å². The van der Waals surface area contributed by atoms with E-state index in [1.165, 1.54) is 12.1 Å². The van der Waals surface area contributed by atoms with E-state index < -0.39 is 15.0 Å². The summed E-state index contributed by atoms with van der Waals surface area (Å²) in [5.41, 5.74) is 0.918. The molecule has 0 bridgehead atoms. The molecule has 0 aliphatic carbocycles. The van der Waals surface area contributed by atoms with Crippen molar-refractivity contribution in [2.75, 3.05) is 0 Å². The lowest BCUT2D eigenvalue weighted by Gasteiger charge is -2.07. The molecule has 1 heterocycles. The third-order valence-electron chi connectivity index (χ3n) is 4.41. The number of amidine groups is 1. The Labute approximate surface area is 203 Å². The molecule has 1 amide bonds. The number of nitrogens with zero attached hydrogens (tertiary/aromatic N) is 2. The zero-order valence-electron chi connectivity index (χ0n) is 17.0. The number of hydrogen-bond acceptors (Lipinski definition) is 8. The Balaban J connectivity index is 1.51. The van der Waals surface area contributed by atoms with Crippen molar-refractivity contribution in [3.63, 3.8) is 0 Å². The number of carbonyl (C=O) groups is 1. The fourth-order valence-corrected chi connectivity index (χ4v) is 4.72. The van der Waals surface area contributed by atoms with Crippen LogP contribution < -0.4 is 9.50 Å². The van der Waals surface area contributed by atoms with Gasteiger partial charge in [-0.15, -0.1) is 0 Å². The van der Waals surface area contributed by atoms with Crippen LogP contribution >= 0.6 is 23.4 Å². The predicted octanol–water partition coefficient (Wildman–Crippen LogP) is 4.91. The minimum atomic E-state index is -4.21. The molecule has 4 rings (SSSR count). The van der Waals surface area contributed by atoms with Gasteiger partial charge >= 0.3 is 10.1 Å². The standard InChI is InChI=1S/C22H14ClN3O6S2/c23-15-4-6-16(7-5-15)24-22-25-21(27)20(33-22)13-14-2-1-3-18(12-14)32-34(30,31)19-10-8-17(9-11-19)26(28)29/h1-13H,(H,24,25,27)/b20-13+. The van der Waals surface area contributed by atoms with Crippen LogP contribution in [-0.2, 0) is 14.9 Å². The number of hydrogen-bond donors (Lipinski definition) is 1. The number of rotatable bonds is 6. The summed E-state index contributed by atoms with van der Waals surface area (Å²) in [5, 5.41) is 14.4. The third-order valence-corrected chi connectivity index (χ3v) is 6.83. The zero-order valence-corrected chi connectivity index (χ0v) is 19.4. The van der Waals surface area contributed by atoms with E-state index in [1.807, 2.05) is 0 Å². The maximum Gasteiger partial charge on any atom is 0.339 e. The van der Waals surface area contributed by atoms with Gasteiger partial charge in [-0.3, -0.25) is 14.9 Å². The molecule has 0 radical (unpaired) electrons. The summed E-state index contributed by atoms with van der Waals surface area (Å²) in [6.07, 6.45) is 1.58. The molecule has 34 heavy (non-hydrogen) atoms. The first kappa shape index (κ1) is 23.5. The van der Waals surface area contributed by atoms with Gasteiger partial charge in [-0.25, -0.2) is 4.99 Å². The summed E-state index contributed by atoms with van der Waals surface area (Å²) < 4.78 is 30.2. The number of thioether (sulfide) groups is 1. The van der Waals surface area contributed by atoms with Crippen molar-refractivity contribution in [1.82, 2.24) is 5.32 Å². The molecule has 3 aromatic rings. The van der Waals surface area contributed by atoms with Gasteiger partial charge in [0.25, 0.3) is 11.6 Å². The number of halogens is 1. The number of non-ortho nitro benzene ring substituents is 1. The molecule has 9 nitrogen and oxygen atoms in total. The summed E-state index contributed by atoms with van der Waals surface area (Å²) in [7, 11) is -4.21. The van der Waals surface area contributed by atoms with Crippen LogP contribution in [0.2, 0.25) is 5.02 Å². The molecule has 0 unspecified atom stereocenters. The number of carbonyl (C=O) groups excluding carboxylic acids is 1. The molecule has 0 atom stereocenters. The average molecular weight is 516 g/mol. The van der Waals surface area contributed by atoms with Crippen LogP contribution in [0.15, 0.2) is 87.6 Å². The number of benzene rings is 3. The topological polar surface area (TPSA) is 128 Å². The van der Waals surface area contributed by atoms with Crippen molar-refractivity contribution in [2.24, 2.45) is 4.99 Å². The maximum atomic E-state index is 12.5. The number of nitro groups is 1. The summed E-state index contributed by atoms with van der Waals surface area (Å²) in [4.78, 5) is 27.0. The second-order valence-corrected chi connectivity index (χ2v) is 9.83. The molecule has 1 aliphatic rings. The van der Waals surface area contributed by atoms with E-state index in [0.717, 1.165) is 36.0 Å². The Morgan fingerprint density at radius 3 is 2.44 bits per heavy atom. The zero-order chi connectivity index (χ0) is 24.3. The molecule has 3 aromatic carbocycles. The van der Waals surface area contributed by atoms with Gasteiger partial charge in [-0.05, 0) is 71.9 Å². The predicted molar refractivity (Wildman–Crippen MR) is 130 cm³/mol. The van der Waals surface area contributed by atoms with E-state index in [1.54, 1.807) is 42.5 Å². The molecular weight excluding hydrogens is 502 g/mol. The lowest BCUT2D eigenvalue weighted by Crippen LogP contribution is -2.19. The first-order chi connectivity index (χ1) is 16.2. The fourth-order valence-electron chi connectivity index (χ4n) is 2.83. The highest BCUT2D eigenvalue weighted by Crippen LogP contribution is 2.29. The van der Waals surface area contributed by atoms with Crippen molar-refractivity contribution in [1.29, 1.82) is 0 Å². The van der Waals surface area contributed by atoms with Crippen LogP contribution in [0.4, 0.5) is 11.4 Å². The summed E-state index contributed by atoms with van der Waals surface area (Å²) in [6, 6.07) is 17.3. The molecule has 1 aliphatic heterocycles. The molecule has 1 fully saturated rings. The van der Waals surface area contributed by atoms with Crippen LogP contribution in [0.3, 0.4) is 0 Å². The van der Waals surface area contributed by atoms with Crippen LogP contribution in [0.5, 0.6) is 5.75 Å². The summed E-state index contributed by atoms with van der Waals surface area (Å²) >= 11 is 7.00. The van der Waals surface area contributed by atoms with Crippen molar-refractivity contribution >= 4 is 62.0 Å². The number of nitro benzene ring substituents is 1. The van der Waals surface area contributed by atoms with Gasteiger partial charge in [0.15, 0.2) is 5.17 Å². The molecular formula is C22H14ClN3O6S2. The van der Waals surface area contributed by atoms with Gasteiger partial charge in [0.05, 0.1) is 15.5 Å². The minimum Gasteiger partial charge on any atom is -0.379 e. The second-order valence-electron chi connectivity index (χ2n) is 6.82. The van der Waals surface area contributed by atoms with Crippen molar-refractivity contribution in [3.8, 4) is 5.75 Å². The SMILES string of the molecule is O=C1NC(=Nc2ccc(Cl)cc2)S/C1=C/c1cccc(OS(=O)(=O)c2ccc([N+](=O)[O-])cc2)c1. The molecule has 12 heteroatoms. The lowest BCUT2D eigenvalue weighted by molar-refractivity contribution is -0.384. The van der Waals surface area contributed by atoms with Crippen LogP contribution in [0.25, 0.3) is 6.08 Å². The highest BCUT2D eigenvalue weighted by Gasteiger charge is 2.24. The largest absolute Gasteiger partial charge is 0.379 e. The van der Waals surface area contributed by atoms with E-state index in [9.17, 15) is 23.3 Å². The Kier molecular flexibility index (Phi) is 6.68. The van der Waals surface area contributed by atoms with E-state index in [2.05, 4.69) is 10.3 Å². The van der Waals surface area contributed by atoms with E-state index in [0.29, 0.717) is 26.3 Å². The summed E-state index contributed by atoms with van der Waals surface area (Å²) in [6.45, 7) is 0. The molecule has 1 saturated heterocycles. The smallest absolute Gasteiger partial charge is 0.339 e. The van der Waals surface area contributed by atoms with Crippen molar-refractivity contribution in [3.05, 3.63) is 98.4 Å². The quantitative estimate of drug-likeness (QED) is 0.214. The van der Waals surface area contributed by atoms with E-state index in [4.69, 9.17) is 15.8 Å². The minimum absolute atomic E-state index is 0.0196. The highest BCUT2D eigenvalue weighted by atomic mass is 35.5. The van der Waals surface area contributed by atoms with E-state index in [-0.39, 0.29) is 22.2 Å². The molecule has 0 saturated carbocycles. The number of aliphatic imine (C=N–C) groups is 1. The molecule has 172 valence electrons. The third kappa shape index (κ3) is 5.63. The van der Waals surface area contributed by atoms with Gasteiger partial charge in [0.2, 0.25) is 0 Å². The van der Waals surface area contributed by atoms with Crippen molar-refractivity contribution < 1.29 is 22.3 Å². The Morgan fingerprint density at radius 1 is 1.06 bits per heavy atom. The molecule has 0 aromatic heterocycles. The van der Waals surface area contributed by atoms with Gasteiger partial charge in [-0.2, -0.15) is 8.42 Å². The monoisotopic (exact) mass is 515 g/mol. The maximum absolute atomic E-state index is 12.5. The van der Waals surface area contributed by atoms with Gasteiger partial charge < -0.3 is 9.50 Å². The summed E-state index contributed by atoms with van der Waals surface area (Å²) in [5.74, 6) is -0.325. The first-order valence-corrected chi connectivity index (χ1v) is 12.1. The Morgan fingerprint density at radius 2 is 1.76 bits per heavy atom. The van der Waals surface area contributed by atoms with E-state index >= 15 is 0 Å². The fraction of sp³-hybridized carbons (Fsp3) is 0. The second kappa shape index (κ2) is 9.67. The van der Waals surface area contributed by atoms with Gasteiger partial charge in [-0.1, -0.05) is 23.7 Å². The van der Waals surface area contributed by atoms with Gasteiger partial charge in [0.1, 0.15) is 10.6 Å². The average Bonchev–Trinajstić information content (AvgIpc) is 3.13. The first-order valence-electron chi connectivity index (χ1n) is 9.54. The molecule has 1 N–H and O–H groups in total. The normalized spacial score (nSPS) is 16.0. The lowest BCUT2D eigenvalue weighted by atomic mass is 10.2. The van der Waals surface area contributed by atoms with Crippen LogP contribution in [0, 0.1) is 10.1 Å². The van der Waals surface area contributed by atoms with Gasteiger partial charge in [0, 0.05) is 17.2 Å². The number of amides is 1. The number of nitrogens with one attached hydrogen (secondary N) is 1.